The fourth-order valence-corrected chi connectivity index (χ4v) is 5.60. The van der Waals surface area contributed by atoms with Gasteiger partial charge in [0.2, 0.25) is 11.9 Å². The summed E-state index contributed by atoms with van der Waals surface area (Å²) in [5.41, 5.74) is 2.02. The third-order valence-electron chi connectivity index (χ3n) is 7.55. The van der Waals surface area contributed by atoms with E-state index >= 15 is 0 Å². The van der Waals surface area contributed by atoms with Gasteiger partial charge in [0.25, 0.3) is 0 Å². The van der Waals surface area contributed by atoms with Crippen molar-refractivity contribution in [1.82, 2.24) is 19.9 Å². The highest BCUT2D eigenvalue weighted by Crippen LogP contribution is 2.33. The highest BCUT2D eigenvalue weighted by molar-refractivity contribution is 5.99. The third-order valence-corrected chi connectivity index (χ3v) is 7.55. The van der Waals surface area contributed by atoms with Gasteiger partial charge in [0, 0.05) is 42.4 Å². The lowest BCUT2D eigenvalue weighted by atomic mass is 10.2. The molecule has 5 heterocycles. The Hall–Kier alpha value is -3.87. The number of carbonyl (C=O) groups excluding carboxylic acids is 1. The van der Waals surface area contributed by atoms with Gasteiger partial charge in [0.1, 0.15) is 0 Å². The van der Waals surface area contributed by atoms with Crippen molar-refractivity contribution in [3.63, 3.8) is 0 Å². The molecular weight excluding hydrogens is 500 g/mol. The Balaban J connectivity index is 1.28. The summed E-state index contributed by atoms with van der Waals surface area (Å²) >= 11 is 0. The zero-order valence-electron chi connectivity index (χ0n) is 21.5. The Labute approximate surface area is 226 Å². The van der Waals surface area contributed by atoms with Crippen molar-refractivity contribution in [2.24, 2.45) is 0 Å². The van der Waals surface area contributed by atoms with Gasteiger partial charge >= 0.3 is 6.03 Å². The first-order valence-corrected chi connectivity index (χ1v) is 13.3. The van der Waals surface area contributed by atoms with Crippen LogP contribution in [0.1, 0.15) is 25.7 Å². The van der Waals surface area contributed by atoms with E-state index in [0.717, 1.165) is 31.2 Å². The summed E-state index contributed by atoms with van der Waals surface area (Å²) in [7, 11) is 0. The number of anilines is 4. The zero-order chi connectivity index (χ0) is 26.8. The fourth-order valence-electron chi connectivity index (χ4n) is 5.60. The van der Waals surface area contributed by atoms with Gasteiger partial charge in [0.15, 0.2) is 5.82 Å². The largest absolute Gasteiger partial charge is 0.394 e. The number of ether oxygens (including phenoxy) is 1. The van der Waals surface area contributed by atoms with Crippen molar-refractivity contribution in [3.05, 3.63) is 48.8 Å². The number of nitrogens with one attached hydrogen (secondary N) is 2. The van der Waals surface area contributed by atoms with Crippen LogP contribution in [0.15, 0.2) is 48.8 Å². The Morgan fingerprint density at radius 3 is 2.03 bits per heavy atom. The molecule has 3 aliphatic rings. The first kappa shape index (κ1) is 25.4. The van der Waals surface area contributed by atoms with Crippen molar-refractivity contribution in [2.75, 3.05) is 46.7 Å². The van der Waals surface area contributed by atoms with Gasteiger partial charge < -0.3 is 35.4 Å². The molecule has 6 rings (SSSR count). The second kappa shape index (κ2) is 11.1. The molecule has 4 atom stereocenters. The van der Waals surface area contributed by atoms with Crippen LogP contribution in [0.3, 0.4) is 0 Å². The number of morpholine rings is 1. The molecule has 0 saturated carbocycles. The molecule has 3 aromatic rings. The van der Waals surface area contributed by atoms with Crippen molar-refractivity contribution in [3.8, 4) is 11.4 Å². The predicted octanol–water partition coefficient (Wildman–Crippen LogP) is 2.27. The smallest absolute Gasteiger partial charge is 0.323 e. The lowest BCUT2D eigenvalue weighted by molar-refractivity contribution is 0.0299. The van der Waals surface area contributed by atoms with Crippen LogP contribution < -0.4 is 20.4 Å². The molecule has 1 aromatic carbocycles. The van der Waals surface area contributed by atoms with Crippen LogP contribution in [-0.4, -0.2) is 86.8 Å². The van der Waals surface area contributed by atoms with E-state index in [4.69, 9.17) is 19.7 Å². The maximum atomic E-state index is 12.4. The molecule has 3 aliphatic heterocycles. The van der Waals surface area contributed by atoms with E-state index in [1.165, 1.54) is 0 Å². The van der Waals surface area contributed by atoms with E-state index in [1.807, 2.05) is 17.0 Å². The molecule has 204 valence electrons. The molecule has 4 unspecified atom stereocenters. The summed E-state index contributed by atoms with van der Waals surface area (Å²) in [6.07, 6.45) is 7.11. The number of benzene rings is 1. The average molecular weight is 533 g/mol. The van der Waals surface area contributed by atoms with Crippen molar-refractivity contribution < 1.29 is 19.7 Å². The predicted molar refractivity (Wildman–Crippen MR) is 146 cm³/mol. The Kier molecular flexibility index (Phi) is 7.22. The molecule has 39 heavy (non-hydrogen) atoms. The Morgan fingerprint density at radius 2 is 1.41 bits per heavy atom. The molecule has 4 N–H and O–H groups in total. The number of fused-ring (bicyclic) bond motifs is 2. The van der Waals surface area contributed by atoms with Gasteiger partial charge in [-0.15, -0.1) is 0 Å². The summed E-state index contributed by atoms with van der Waals surface area (Å²) in [4.78, 5) is 34.9. The minimum absolute atomic E-state index is 0.0452. The van der Waals surface area contributed by atoms with E-state index in [9.17, 15) is 15.0 Å². The second-order valence-corrected chi connectivity index (χ2v) is 10.2. The molecule has 2 amide bonds. The molecule has 2 bridgehead atoms. The first-order valence-electron chi connectivity index (χ1n) is 13.3. The Bertz CT molecular complexity index is 1270. The minimum Gasteiger partial charge on any atom is -0.394 e. The second-order valence-electron chi connectivity index (χ2n) is 10.2. The summed E-state index contributed by atoms with van der Waals surface area (Å²) in [6.45, 7) is 1.33. The van der Waals surface area contributed by atoms with Crippen LogP contribution in [0.25, 0.3) is 11.4 Å². The first-order chi connectivity index (χ1) is 19.1. The summed E-state index contributed by atoms with van der Waals surface area (Å²) in [5, 5.41) is 25.6. The number of nitrogens with zero attached hydrogens (tertiary/aromatic N) is 6. The number of aliphatic hydroxyl groups excluding tert-OH is 2. The van der Waals surface area contributed by atoms with Crippen LogP contribution >= 0.6 is 0 Å². The molecule has 3 saturated heterocycles. The van der Waals surface area contributed by atoms with Gasteiger partial charge in [-0.3, -0.25) is 4.98 Å². The maximum Gasteiger partial charge on any atom is 0.323 e. The topological polar surface area (TPSA) is 149 Å². The normalized spacial score (nSPS) is 24.2. The van der Waals surface area contributed by atoms with Gasteiger partial charge in [-0.2, -0.15) is 15.0 Å². The monoisotopic (exact) mass is 532 g/mol. The van der Waals surface area contributed by atoms with E-state index in [2.05, 4.69) is 20.5 Å². The molecule has 3 fully saturated rings. The summed E-state index contributed by atoms with van der Waals surface area (Å²) in [5.74, 6) is 1.50. The number of pyridine rings is 1. The Morgan fingerprint density at radius 1 is 0.821 bits per heavy atom. The van der Waals surface area contributed by atoms with E-state index in [-0.39, 0.29) is 43.5 Å². The van der Waals surface area contributed by atoms with Crippen LogP contribution in [0, 0.1) is 0 Å². The standard InChI is InChI=1S/C27H32N8O4/c36-15-20-5-6-21(16-37)35(20)26-32-24(31-25(33-26)34-13-22-7-8-23(14-34)39-22)17-1-3-18(4-2-17)29-27(38)30-19-9-11-28-12-10-19/h1-4,9-12,20-23,36-37H,5-8,13-16H2,(H2,28,29,30,38). The van der Waals surface area contributed by atoms with E-state index in [0.29, 0.717) is 42.2 Å². The highest BCUT2D eigenvalue weighted by Gasteiger charge is 2.38. The lowest BCUT2D eigenvalue weighted by Gasteiger charge is -2.33. The van der Waals surface area contributed by atoms with Crippen molar-refractivity contribution in [1.29, 1.82) is 0 Å². The van der Waals surface area contributed by atoms with Gasteiger partial charge in [0.05, 0.1) is 37.5 Å². The number of aromatic nitrogens is 4. The molecule has 0 aliphatic carbocycles. The third kappa shape index (κ3) is 5.49. The zero-order valence-corrected chi connectivity index (χ0v) is 21.5. The SMILES string of the molecule is O=C(Nc1ccncc1)Nc1ccc(-c2nc(N3CC4CCC(C3)O4)nc(N3C(CO)CCC3CO)n2)cc1. The number of urea groups is 1. The summed E-state index contributed by atoms with van der Waals surface area (Å²) in [6, 6.07) is 10.0. The number of amides is 2. The molecule has 12 heteroatoms. The number of hydrogen-bond donors (Lipinski definition) is 4. The lowest BCUT2D eigenvalue weighted by Crippen LogP contribution is -2.45. The van der Waals surface area contributed by atoms with Gasteiger partial charge in [-0.05, 0) is 62.1 Å². The van der Waals surface area contributed by atoms with Crippen molar-refractivity contribution in [2.45, 2.75) is 50.0 Å². The van der Waals surface area contributed by atoms with E-state index < -0.39 is 0 Å². The summed E-state index contributed by atoms with van der Waals surface area (Å²) < 4.78 is 6.01. The maximum absolute atomic E-state index is 12.4. The molecule has 0 radical (unpaired) electrons. The minimum atomic E-state index is -0.361. The van der Waals surface area contributed by atoms with Crippen LogP contribution in [-0.2, 0) is 4.74 Å². The average Bonchev–Trinajstić information content (AvgIpc) is 3.55. The van der Waals surface area contributed by atoms with Crippen LogP contribution in [0.5, 0.6) is 0 Å². The van der Waals surface area contributed by atoms with Crippen molar-refractivity contribution >= 4 is 29.3 Å². The molecular formula is C27H32N8O4. The van der Waals surface area contributed by atoms with Crippen LogP contribution in [0.2, 0.25) is 0 Å². The molecule has 0 spiro atoms. The van der Waals surface area contributed by atoms with Gasteiger partial charge in [-0.1, -0.05) is 0 Å². The highest BCUT2D eigenvalue weighted by atomic mass is 16.5. The van der Waals surface area contributed by atoms with Gasteiger partial charge in [-0.25, -0.2) is 4.79 Å². The quantitative estimate of drug-likeness (QED) is 0.357. The number of hydrogen-bond acceptors (Lipinski definition) is 10. The molecule has 12 nitrogen and oxygen atoms in total. The number of rotatable bonds is 7. The molecule has 2 aromatic heterocycles. The fraction of sp³-hybridized carbons (Fsp3) is 0.444. The number of carbonyl (C=O) groups is 1. The van der Waals surface area contributed by atoms with E-state index in [1.54, 1.807) is 36.7 Å². The number of aliphatic hydroxyl groups is 2. The van der Waals surface area contributed by atoms with Crippen LogP contribution in [0.4, 0.5) is 28.1 Å².